The quantitative estimate of drug-likeness (QED) is 0.560. The molecule has 0 saturated heterocycles. The molecule has 1 rings (SSSR count). The maximum Gasteiger partial charge on any atom is 0.186 e. The molecule has 0 aromatic carbocycles. The molecule has 2 atom stereocenters. The van der Waals surface area contributed by atoms with Gasteiger partial charge in [0.2, 0.25) is 0 Å². The van der Waals surface area contributed by atoms with E-state index < -0.39 is 0 Å². The van der Waals surface area contributed by atoms with Gasteiger partial charge in [0.25, 0.3) is 0 Å². The summed E-state index contributed by atoms with van der Waals surface area (Å²) in [4.78, 5) is 4.24. The third-order valence-electron chi connectivity index (χ3n) is 1.77. The molecule has 1 aliphatic heterocycles. The second kappa shape index (κ2) is 3.96. The summed E-state index contributed by atoms with van der Waals surface area (Å²) in [5.74, 6) is 1.27. The number of ether oxygens (including phenoxy) is 1. The highest BCUT2D eigenvalue weighted by atomic mass is 35.5. The third-order valence-corrected chi connectivity index (χ3v) is 2.08. The van der Waals surface area contributed by atoms with E-state index in [2.05, 4.69) is 11.9 Å². The van der Waals surface area contributed by atoms with Gasteiger partial charge < -0.3 is 4.74 Å². The maximum atomic E-state index is 5.91. The van der Waals surface area contributed by atoms with Gasteiger partial charge in [-0.3, -0.25) is 4.99 Å². The van der Waals surface area contributed by atoms with E-state index in [1.165, 1.54) is 0 Å². The Balaban J connectivity index is 2.50. The van der Waals surface area contributed by atoms with Crippen LogP contribution in [0.3, 0.4) is 0 Å². The number of halogens is 1. The standard InChI is InChI=1S/C8H14ClNO/c1-3-11-8-6(2)4-7(9)5-10-8/h6-7H,3-5H2,1-2H3. The van der Waals surface area contributed by atoms with Crippen LogP contribution in [-0.4, -0.2) is 24.4 Å². The molecule has 3 heteroatoms. The minimum Gasteiger partial charge on any atom is -0.481 e. The lowest BCUT2D eigenvalue weighted by molar-refractivity contribution is 0.292. The van der Waals surface area contributed by atoms with Gasteiger partial charge in [0.05, 0.1) is 18.5 Å². The minimum atomic E-state index is 0.203. The Bertz CT molecular complexity index is 158. The molecule has 64 valence electrons. The van der Waals surface area contributed by atoms with Gasteiger partial charge in [0.15, 0.2) is 5.90 Å². The number of alkyl halides is 1. The van der Waals surface area contributed by atoms with E-state index in [1.54, 1.807) is 0 Å². The van der Waals surface area contributed by atoms with Crippen molar-refractivity contribution in [3.8, 4) is 0 Å². The first kappa shape index (κ1) is 8.85. The summed E-state index contributed by atoms with van der Waals surface area (Å²) < 4.78 is 5.33. The number of aliphatic imine (C=N–C) groups is 1. The Hall–Kier alpha value is -0.240. The molecule has 0 amide bonds. The fraction of sp³-hybridized carbons (Fsp3) is 0.875. The lowest BCUT2D eigenvalue weighted by Gasteiger charge is -2.22. The molecule has 2 nitrogen and oxygen atoms in total. The summed E-state index contributed by atoms with van der Waals surface area (Å²) in [6.07, 6.45) is 0.986. The van der Waals surface area contributed by atoms with E-state index in [0.29, 0.717) is 19.1 Å². The molecule has 0 saturated carbocycles. The SMILES string of the molecule is CCOC1=NCC(Cl)CC1C. The minimum absolute atomic E-state index is 0.203. The fourth-order valence-electron chi connectivity index (χ4n) is 1.24. The van der Waals surface area contributed by atoms with Gasteiger partial charge in [-0.15, -0.1) is 11.6 Å². The van der Waals surface area contributed by atoms with Crippen LogP contribution in [0.1, 0.15) is 20.3 Å². The van der Waals surface area contributed by atoms with Crippen LogP contribution in [0.5, 0.6) is 0 Å². The molecule has 0 bridgehead atoms. The lowest BCUT2D eigenvalue weighted by atomic mass is 10.0. The summed E-state index contributed by atoms with van der Waals surface area (Å²) in [5, 5.41) is 0.203. The van der Waals surface area contributed by atoms with Gasteiger partial charge in [-0.05, 0) is 13.3 Å². The normalized spacial score (nSPS) is 31.4. The van der Waals surface area contributed by atoms with Gasteiger partial charge in [-0.2, -0.15) is 0 Å². The predicted octanol–water partition coefficient (Wildman–Crippen LogP) is 2.07. The van der Waals surface area contributed by atoms with Crippen molar-refractivity contribution in [2.24, 2.45) is 10.9 Å². The van der Waals surface area contributed by atoms with Crippen LogP contribution in [0.4, 0.5) is 0 Å². The summed E-state index contributed by atoms with van der Waals surface area (Å²) >= 11 is 5.91. The zero-order valence-corrected chi connectivity index (χ0v) is 7.77. The van der Waals surface area contributed by atoms with Crippen LogP contribution in [0.25, 0.3) is 0 Å². The van der Waals surface area contributed by atoms with Crippen molar-refractivity contribution < 1.29 is 4.74 Å². The van der Waals surface area contributed by atoms with E-state index in [1.807, 2.05) is 6.92 Å². The largest absolute Gasteiger partial charge is 0.481 e. The zero-order valence-electron chi connectivity index (χ0n) is 7.01. The maximum absolute atomic E-state index is 5.91. The molecule has 0 aromatic rings. The molecule has 1 heterocycles. The van der Waals surface area contributed by atoms with E-state index in [-0.39, 0.29) is 5.38 Å². The third kappa shape index (κ3) is 2.37. The van der Waals surface area contributed by atoms with Gasteiger partial charge in [-0.1, -0.05) is 6.92 Å². The molecule has 0 radical (unpaired) electrons. The van der Waals surface area contributed by atoms with Crippen molar-refractivity contribution in [1.29, 1.82) is 0 Å². The van der Waals surface area contributed by atoms with E-state index in [4.69, 9.17) is 16.3 Å². The predicted molar refractivity (Wildman–Crippen MR) is 47.4 cm³/mol. The first-order valence-corrected chi connectivity index (χ1v) is 4.49. The van der Waals surface area contributed by atoms with Crippen molar-refractivity contribution in [1.82, 2.24) is 0 Å². The Morgan fingerprint density at radius 1 is 1.73 bits per heavy atom. The first-order valence-electron chi connectivity index (χ1n) is 4.05. The second-order valence-corrected chi connectivity index (χ2v) is 3.46. The average molecular weight is 176 g/mol. The summed E-state index contributed by atoms with van der Waals surface area (Å²) in [7, 11) is 0. The van der Waals surface area contributed by atoms with Crippen LogP contribution in [0.15, 0.2) is 4.99 Å². The lowest BCUT2D eigenvalue weighted by Crippen LogP contribution is -2.26. The molecular weight excluding hydrogens is 162 g/mol. The molecule has 0 N–H and O–H groups in total. The molecule has 11 heavy (non-hydrogen) atoms. The van der Waals surface area contributed by atoms with Crippen LogP contribution in [0.2, 0.25) is 0 Å². The van der Waals surface area contributed by atoms with E-state index in [0.717, 1.165) is 12.3 Å². The Morgan fingerprint density at radius 2 is 2.45 bits per heavy atom. The fourth-order valence-corrected chi connectivity index (χ4v) is 1.58. The summed E-state index contributed by atoms with van der Waals surface area (Å²) in [6, 6.07) is 0. The highest BCUT2D eigenvalue weighted by molar-refractivity contribution is 6.21. The summed E-state index contributed by atoms with van der Waals surface area (Å²) in [6.45, 7) is 5.49. The first-order chi connectivity index (χ1) is 5.24. The van der Waals surface area contributed by atoms with Gasteiger partial charge in [0, 0.05) is 5.92 Å². The number of hydrogen-bond acceptors (Lipinski definition) is 2. The van der Waals surface area contributed by atoms with Crippen molar-refractivity contribution in [3.05, 3.63) is 0 Å². The number of hydrogen-bond donors (Lipinski definition) is 0. The number of rotatable bonds is 1. The highest BCUT2D eigenvalue weighted by Gasteiger charge is 2.21. The zero-order chi connectivity index (χ0) is 8.27. The smallest absolute Gasteiger partial charge is 0.186 e. The second-order valence-electron chi connectivity index (χ2n) is 2.85. The Morgan fingerprint density at radius 3 is 3.00 bits per heavy atom. The van der Waals surface area contributed by atoms with Gasteiger partial charge in [0.1, 0.15) is 0 Å². The number of nitrogens with zero attached hydrogens (tertiary/aromatic N) is 1. The van der Waals surface area contributed by atoms with Crippen molar-refractivity contribution in [3.63, 3.8) is 0 Å². The van der Waals surface area contributed by atoms with Crippen molar-refractivity contribution >= 4 is 17.5 Å². The van der Waals surface area contributed by atoms with Crippen molar-refractivity contribution in [2.45, 2.75) is 25.6 Å². The van der Waals surface area contributed by atoms with Crippen molar-refractivity contribution in [2.75, 3.05) is 13.2 Å². The van der Waals surface area contributed by atoms with E-state index in [9.17, 15) is 0 Å². The molecule has 0 aliphatic carbocycles. The molecule has 0 aromatic heterocycles. The highest BCUT2D eigenvalue weighted by Crippen LogP contribution is 2.19. The van der Waals surface area contributed by atoms with Crippen LogP contribution in [-0.2, 0) is 4.74 Å². The molecule has 0 fully saturated rings. The monoisotopic (exact) mass is 175 g/mol. The average Bonchev–Trinajstić information content (AvgIpc) is 1.95. The van der Waals surface area contributed by atoms with Crippen LogP contribution >= 0.6 is 11.6 Å². The topological polar surface area (TPSA) is 21.6 Å². The van der Waals surface area contributed by atoms with Gasteiger partial charge >= 0.3 is 0 Å². The Kier molecular flexibility index (Phi) is 3.18. The molecule has 1 aliphatic rings. The molecular formula is C8H14ClNO. The summed E-state index contributed by atoms with van der Waals surface area (Å²) in [5.41, 5.74) is 0. The Labute approximate surface area is 72.6 Å². The van der Waals surface area contributed by atoms with E-state index >= 15 is 0 Å². The van der Waals surface area contributed by atoms with Crippen LogP contribution < -0.4 is 0 Å². The van der Waals surface area contributed by atoms with Gasteiger partial charge in [-0.25, -0.2) is 0 Å². The van der Waals surface area contributed by atoms with Crippen LogP contribution in [0, 0.1) is 5.92 Å². The molecule has 2 unspecified atom stereocenters. The molecule has 0 spiro atoms.